The van der Waals surface area contributed by atoms with E-state index in [4.69, 9.17) is 0 Å². The van der Waals surface area contributed by atoms with Crippen molar-refractivity contribution in [1.82, 2.24) is 4.90 Å². The zero-order valence-corrected chi connectivity index (χ0v) is 17.0. The zero-order valence-electron chi connectivity index (χ0n) is 13.8. The third-order valence-electron chi connectivity index (χ3n) is 4.78. The second-order valence-electron chi connectivity index (χ2n) is 6.61. The highest BCUT2D eigenvalue weighted by molar-refractivity contribution is 9.12. The first-order chi connectivity index (χ1) is 12.6. The number of amides is 3. The molecule has 0 bridgehead atoms. The monoisotopic (exact) mass is 510 g/mol. The third kappa shape index (κ3) is 4.21. The van der Waals surface area contributed by atoms with Crippen molar-refractivity contribution in [2.24, 2.45) is 11.8 Å². The van der Waals surface area contributed by atoms with Crippen LogP contribution >= 0.6 is 31.9 Å². The van der Waals surface area contributed by atoms with E-state index in [1.807, 2.05) is 0 Å². The van der Waals surface area contributed by atoms with Crippen LogP contribution in [0.15, 0.2) is 24.3 Å². The number of nitrogens with one attached hydrogen (secondary N) is 1. The van der Waals surface area contributed by atoms with Crippen LogP contribution in [0.1, 0.15) is 18.4 Å². The average molecular weight is 512 g/mol. The van der Waals surface area contributed by atoms with E-state index in [1.165, 1.54) is 12.1 Å². The summed E-state index contributed by atoms with van der Waals surface area (Å²) >= 11 is 6.95. The summed E-state index contributed by atoms with van der Waals surface area (Å²) in [5, 5.41) is 2.32. The number of anilines is 1. The highest BCUT2D eigenvalue weighted by atomic mass is 79.9. The lowest BCUT2D eigenvalue weighted by Gasteiger charge is -2.29. The molecular formula is C17H15Br2F3N2O3. The SMILES string of the molecule is O=C(CN1C(=O)[C@@H]2C[C@H](Br)[C@@H](Br)C[C@H]2C1=O)Nc1cccc(C(F)(F)F)c1. The fourth-order valence-corrected chi connectivity index (χ4v) is 4.67. The quantitative estimate of drug-likeness (QED) is 0.498. The molecule has 2 fully saturated rings. The summed E-state index contributed by atoms with van der Waals surface area (Å²) in [6.45, 7) is -0.513. The summed E-state index contributed by atoms with van der Waals surface area (Å²) in [6.07, 6.45) is -3.57. The first kappa shape index (κ1) is 20.3. The van der Waals surface area contributed by atoms with Crippen molar-refractivity contribution < 1.29 is 27.6 Å². The molecule has 3 rings (SSSR count). The number of alkyl halides is 5. The normalized spacial score (nSPS) is 28.3. The first-order valence-corrected chi connectivity index (χ1v) is 10.0. The summed E-state index contributed by atoms with van der Waals surface area (Å²) in [6, 6.07) is 4.17. The minimum absolute atomic E-state index is 0.0487. The number of benzene rings is 1. The molecule has 3 amide bonds. The van der Waals surface area contributed by atoms with Crippen LogP contribution in [0.3, 0.4) is 0 Å². The van der Waals surface area contributed by atoms with E-state index < -0.39 is 47.8 Å². The molecule has 0 radical (unpaired) electrons. The van der Waals surface area contributed by atoms with E-state index >= 15 is 0 Å². The molecule has 0 unspecified atom stereocenters. The van der Waals surface area contributed by atoms with Crippen molar-refractivity contribution in [3.63, 3.8) is 0 Å². The summed E-state index contributed by atoms with van der Waals surface area (Å²) in [5.74, 6) is -2.49. The molecule has 1 aromatic carbocycles. The number of carbonyl (C=O) groups is 3. The molecule has 1 N–H and O–H groups in total. The second-order valence-corrected chi connectivity index (χ2v) is 8.96. The number of hydrogen-bond acceptors (Lipinski definition) is 3. The van der Waals surface area contributed by atoms with Gasteiger partial charge in [0.05, 0.1) is 17.4 Å². The molecule has 1 aliphatic carbocycles. The van der Waals surface area contributed by atoms with Gasteiger partial charge >= 0.3 is 6.18 Å². The number of likely N-dealkylation sites (tertiary alicyclic amines) is 1. The van der Waals surface area contributed by atoms with E-state index in [0.717, 1.165) is 17.0 Å². The topological polar surface area (TPSA) is 66.5 Å². The van der Waals surface area contributed by atoms with E-state index in [9.17, 15) is 27.6 Å². The average Bonchev–Trinajstić information content (AvgIpc) is 2.80. The van der Waals surface area contributed by atoms with Gasteiger partial charge in [-0.05, 0) is 31.0 Å². The fraction of sp³-hybridized carbons (Fsp3) is 0.471. The van der Waals surface area contributed by atoms with E-state index in [0.29, 0.717) is 12.8 Å². The van der Waals surface area contributed by atoms with Crippen LogP contribution in [-0.4, -0.2) is 38.8 Å². The second kappa shape index (κ2) is 7.54. The maximum Gasteiger partial charge on any atom is 0.416 e. The molecular weight excluding hydrogens is 497 g/mol. The number of hydrogen-bond donors (Lipinski definition) is 1. The Morgan fingerprint density at radius 3 is 2.19 bits per heavy atom. The van der Waals surface area contributed by atoms with Crippen molar-refractivity contribution in [1.29, 1.82) is 0 Å². The molecule has 146 valence electrons. The van der Waals surface area contributed by atoms with E-state index in [-0.39, 0.29) is 15.3 Å². The molecule has 4 atom stereocenters. The number of rotatable bonds is 3. The Kier molecular flexibility index (Phi) is 5.67. The molecule has 10 heteroatoms. The number of nitrogens with zero attached hydrogens (tertiary/aromatic N) is 1. The van der Waals surface area contributed by atoms with Crippen LogP contribution in [0, 0.1) is 11.8 Å². The minimum atomic E-state index is -4.53. The van der Waals surface area contributed by atoms with Crippen molar-refractivity contribution in [3.8, 4) is 0 Å². The smallest absolute Gasteiger partial charge is 0.325 e. The summed E-state index contributed by atoms with van der Waals surface area (Å²) < 4.78 is 38.3. The Bertz CT molecular complexity index is 759. The maximum absolute atomic E-state index is 12.8. The van der Waals surface area contributed by atoms with Crippen LogP contribution in [0.4, 0.5) is 18.9 Å². The Hall–Kier alpha value is -1.42. The number of imide groups is 1. The minimum Gasteiger partial charge on any atom is -0.325 e. The van der Waals surface area contributed by atoms with Gasteiger partial charge in [0.1, 0.15) is 6.54 Å². The summed E-state index contributed by atoms with van der Waals surface area (Å²) in [4.78, 5) is 38.2. The van der Waals surface area contributed by atoms with Gasteiger partial charge in [0.15, 0.2) is 0 Å². The van der Waals surface area contributed by atoms with Crippen molar-refractivity contribution in [3.05, 3.63) is 29.8 Å². The number of carbonyl (C=O) groups excluding carboxylic acids is 3. The van der Waals surface area contributed by atoms with Crippen LogP contribution in [0.2, 0.25) is 0 Å². The molecule has 0 aromatic heterocycles. The van der Waals surface area contributed by atoms with Crippen LogP contribution < -0.4 is 5.32 Å². The van der Waals surface area contributed by atoms with Crippen molar-refractivity contribution in [2.75, 3.05) is 11.9 Å². The van der Waals surface area contributed by atoms with E-state index in [1.54, 1.807) is 0 Å². The van der Waals surface area contributed by atoms with Gasteiger partial charge in [0.25, 0.3) is 0 Å². The molecule has 1 aromatic rings. The highest BCUT2D eigenvalue weighted by Crippen LogP contribution is 2.43. The number of fused-ring (bicyclic) bond motifs is 1. The largest absolute Gasteiger partial charge is 0.416 e. The van der Waals surface area contributed by atoms with Crippen LogP contribution in [0.25, 0.3) is 0 Å². The molecule has 0 spiro atoms. The zero-order chi connectivity index (χ0) is 19.9. The Morgan fingerprint density at radius 2 is 1.67 bits per heavy atom. The lowest BCUT2D eigenvalue weighted by atomic mass is 9.81. The standard InChI is InChI=1S/C17H15Br2F3N2O3/c18-12-5-10-11(6-13(12)19)16(27)24(15(10)26)7-14(25)23-9-3-1-2-8(4-9)17(20,21)22/h1-4,10-13H,5-7H2,(H,23,25)/t10-,11-,12+,13+/m1/s1. The van der Waals surface area contributed by atoms with Gasteiger partial charge in [0.2, 0.25) is 17.7 Å². The van der Waals surface area contributed by atoms with E-state index in [2.05, 4.69) is 37.2 Å². The molecule has 1 heterocycles. The van der Waals surface area contributed by atoms with Gasteiger partial charge < -0.3 is 5.32 Å². The van der Waals surface area contributed by atoms with Crippen LogP contribution in [-0.2, 0) is 20.6 Å². The van der Waals surface area contributed by atoms with Crippen molar-refractivity contribution >= 4 is 55.3 Å². The Balaban J connectivity index is 1.68. The van der Waals surface area contributed by atoms with Gasteiger partial charge in [-0.15, -0.1) is 0 Å². The third-order valence-corrected chi connectivity index (χ3v) is 7.51. The fourth-order valence-electron chi connectivity index (χ4n) is 3.44. The highest BCUT2D eigenvalue weighted by Gasteiger charge is 2.52. The van der Waals surface area contributed by atoms with Crippen molar-refractivity contribution in [2.45, 2.75) is 28.7 Å². The number of halogens is 5. The molecule has 2 aliphatic rings. The maximum atomic E-state index is 12.8. The predicted octanol–water partition coefficient (Wildman–Crippen LogP) is 3.57. The predicted molar refractivity (Wildman–Crippen MR) is 98.4 cm³/mol. The summed E-state index contributed by atoms with van der Waals surface area (Å²) in [5.41, 5.74) is -0.946. The lowest BCUT2D eigenvalue weighted by Crippen LogP contribution is -2.38. The molecule has 1 aliphatic heterocycles. The molecule has 5 nitrogen and oxygen atoms in total. The van der Waals surface area contributed by atoms with Gasteiger partial charge in [-0.2, -0.15) is 13.2 Å². The molecule has 1 saturated carbocycles. The van der Waals surface area contributed by atoms with Gasteiger partial charge in [-0.3, -0.25) is 19.3 Å². The molecule has 1 saturated heterocycles. The first-order valence-electron chi connectivity index (χ1n) is 8.18. The van der Waals surface area contributed by atoms with Gasteiger partial charge in [-0.1, -0.05) is 37.9 Å². The molecule has 27 heavy (non-hydrogen) atoms. The Labute approximate surface area is 169 Å². The van der Waals surface area contributed by atoms with Gasteiger partial charge in [-0.25, -0.2) is 0 Å². The lowest BCUT2D eigenvalue weighted by molar-refractivity contribution is -0.142. The van der Waals surface area contributed by atoms with Gasteiger partial charge in [0, 0.05) is 15.3 Å². The summed E-state index contributed by atoms with van der Waals surface area (Å²) in [7, 11) is 0. The van der Waals surface area contributed by atoms with Crippen LogP contribution in [0.5, 0.6) is 0 Å². The Morgan fingerprint density at radius 1 is 1.11 bits per heavy atom.